The molecule has 6 heteroatoms. The highest BCUT2D eigenvalue weighted by Crippen LogP contribution is 2.27. The molecule has 18 heavy (non-hydrogen) atoms. The molecule has 1 aliphatic carbocycles. The average Bonchev–Trinajstić information content (AvgIpc) is 2.59. The number of carbonyl (C=O) groups excluding carboxylic acids is 1. The lowest BCUT2D eigenvalue weighted by molar-refractivity contribution is -0.122. The first-order valence-corrected chi connectivity index (χ1v) is 6.12. The van der Waals surface area contributed by atoms with E-state index in [1.807, 2.05) is 20.0 Å². The highest BCUT2D eigenvalue weighted by Gasteiger charge is 2.35. The van der Waals surface area contributed by atoms with Crippen LogP contribution in [0.2, 0.25) is 0 Å². The van der Waals surface area contributed by atoms with Crippen LogP contribution in [0.3, 0.4) is 0 Å². The molecule has 3 N–H and O–H groups in total. The summed E-state index contributed by atoms with van der Waals surface area (Å²) in [5.74, 6) is 0.487. The van der Waals surface area contributed by atoms with Gasteiger partial charge in [0.05, 0.1) is 5.54 Å². The highest BCUT2D eigenvalue weighted by molar-refractivity contribution is 5.97. The molecule has 0 atom stereocenters. The predicted octanol–water partition coefficient (Wildman–Crippen LogP) is 1.75. The number of nitrogens with two attached hydrogens (primary N) is 1. The van der Waals surface area contributed by atoms with Gasteiger partial charge >= 0.3 is 0 Å². The smallest absolute Gasteiger partial charge is 0.245 e. The van der Waals surface area contributed by atoms with E-state index >= 15 is 0 Å². The normalized spacial score (nSPS) is 17.9. The second kappa shape index (κ2) is 5.71. The largest absolute Gasteiger partial charge is 0.317 e. The van der Waals surface area contributed by atoms with Crippen molar-refractivity contribution in [3.63, 3.8) is 0 Å². The fourth-order valence-corrected chi connectivity index (χ4v) is 2.27. The molecule has 0 aromatic carbocycles. The summed E-state index contributed by atoms with van der Waals surface area (Å²) in [5, 5.41) is 7.02. The summed E-state index contributed by atoms with van der Waals surface area (Å²) in [7, 11) is 1.85. The number of hydrogen-bond donors (Lipinski definition) is 2. The van der Waals surface area contributed by atoms with Crippen molar-refractivity contribution in [3.05, 3.63) is 11.8 Å². The molecule has 1 aliphatic rings. The summed E-state index contributed by atoms with van der Waals surface area (Å²) in [4.78, 5) is 12.1. The second-order valence-corrected chi connectivity index (χ2v) is 4.97. The fraction of sp³-hybridized carbons (Fsp3) is 0.667. The lowest BCUT2D eigenvalue weighted by Gasteiger charge is -2.31. The van der Waals surface area contributed by atoms with Gasteiger partial charge in [-0.1, -0.05) is 19.3 Å². The van der Waals surface area contributed by atoms with Crippen LogP contribution in [0.15, 0.2) is 6.07 Å². The summed E-state index contributed by atoms with van der Waals surface area (Å²) >= 11 is 0. The SMILES string of the molecule is Cc1cc(NC(=O)C2(N)CCCCC2)nn1C.Cl. The number of halogens is 1. The van der Waals surface area contributed by atoms with E-state index in [4.69, 9.17) is 5.73 Å². The van der Waals surface area contributed by atoms with E-state index in [0.717, 1.165) is 31.4 Å². The number of anilines is 1. The van der Waals surface area contributed by atoms with Crippen LogP contribution in [-0.2, 0) is 11.8 Å². The van der Waals surface area contributed by atoms with E-state index in [2.05, 4.69) is 10.4 Å². The third-order valence-electron chi connectivity index (χ3n) is 3.55. The minimum atomic E-state index is -0.705. The van der Waals surface area contributed by atoms with Gasteiger partial charge in [-0.05, 0) is 19.8 Å². The van der Waals surface area contributed by atoms with Gasteiger partial charge in [-0.3, -0.25) is 9.48 Å². The Morgan fingerprint density at radius 2 is 2.06 bits per heavy atom. The predicted molar refractivity (Wildman–Crippen MR) is 73.8 cm³/mol. The van der Waals surface area contributed by atoms with Gasteiger partial charge in [0.1, 0.15) is 0 Å². The van der Waals surface area contributed by atoms with Gasteiger partial charge in [-0.15, -0.1) is 12.4 Å². The maximum atomic E-state index is 12.1. The Labute approximate surface area is 114 Å². The zero-order valence-electron chi connectivity index (χ0n) is 10.9. The third kappa shape index (κ3) is 3.03. The number of aryl methyl sites for hydroxylation is 2. The van der Waals surface area contributed by atoms with Gasteiger partial charge in [0, 0.05) is 18.8 Å². The van der Waals surface area contributed by atoms with Crippen LogP contribution in [0.25, 0.3) is 0 Å². The maximum absolute atomic E-state index is 12.1. The Hall–Kier alpha value is -1.07. The molecule has 1 amide bonds. The fourth-order valence-electron chi connectivity index (χ4n) is 2.27. The quantitative estimate of drug-likeness (QED) is 0.861. The molecule has 0 radical (unpaired) electrons. The number of amides is 1. The second-order valence-electron chi connectivity index (χ2n) is 4.97. The van der Waals surface area contributed by atoms with Gasteiger partial charge in [0.2, 0.25) is 5.91 Å². The molecule has 1 aromatic heterocycles. The number of nitrogens with one attached hydrogen (secondary N) is 1. The van der Waals surface area contributed by atoms with E-state index in [1.54, 1.807) is 4.68 Å². The van der Waals surface area contributed by atoms with Crippen molar-refractivity contribution in [1.29, 1.82) is 0 Å². The summed E-state index contributed by atoms with van der Waals surface area (Å²) < 4.78 is 1.74. The highest BCUT2D eigenvalue weighted by atomic mass is 35.5. The van der Waals surface area contributed by atoms with Crippen LogP contribution in [0.4, 0.5) is 5.82 Å². The number of hydrogen-bond acceptors (Lipinski definition) is 3. The Morgan fingerprint density at radius 1 is 1.44 bits per heavy atom. The van der Waals surface area contributed by atoms with Gasteiger partial charge < -0.3 is 11.1 Å². The molecule has 5 nitrogen and oxygen atoms in total. The standard InChI is InChI=1S/C12H20N4O.ClH/c1-9-8-10(15-16(9)2)14-11(17)12(13)6-4-3-5-7-12;/h8H,3-7,13H2,1-2H3,(H,14,15,17);1H. The van der Waals surface area contributed by atoms with Crippen molar-refractivity contribution >= 4 is 24.1 Å². The van der Waals surface area contributed by atoms with Crippen LogP contribution in [0.5, 0.6) is 0 Å². The molecule has 1 fully saturated rings. The maximum Gasteiger partial charge on any atom is 0.245 e. The van der Waals surface area contributed by atoms with Crippen molar-refractivity contribution in [1.82, 2.24) is 9.78 Å². The zero-order chi connectivity index (χ0) is 12.5. The molecular weight excluding hydrogens is 252 g/mol. The molecule has 102 valence electrons. The molecule has 1 heterocycles. The molecule has 0 aliphatic heterocycles. The van der Waals surface area contributed by atoms with Crippen LogP contribution in [-0.4, -0.2) is 21.2 Å². The molecule has 2 rings (SSSR count). The monoisotopic (exact) mass is 272 g/mol. The lowest BCUT2D eigenvalue weighted by atomic mass is 9.82. The average molecular weight is 273 g/mol. The van der Waals surface area contributed by atoms with Gasteiger partial charge in [-0.25, -0.2) is 0 Å². The van der Waals surface area contributed by atoms with E-state index in [-0.39, 0.29) is 18.3 Å². The summed E-state index contributed by atoms with van der Waals surface area (Å²) in [5.41, 5.74) is 6.45. The summed E-state index contributed by atoms with van der Waals surface area (Å²) in [6, 6.07) is 1.85. The molecular formula is C12H21ClN4O. The molecule has 0 bridgehead atoms. The topological polar surface area (TPSA) is 72.9 Å². The van der Waals surface area contributed by atoms with Crippen molar-refractivity contribution in [2.24, 2.45) is 12.8 Å². The van der Waals surface area contributed by atoms with E-state index < -0.39 is 5.54 Å². The minimum absolute atomic E-state index is 0. The first kappa shape index (κ1) is 15.0. The minimum Gasteiger partial charge on any atom is -0.317 e. The molecule has 0 spiro atoms. The zero-order valence-corrected chi connectivity index (χ0v) is 11.7. The molecule has 0 unspecified atom stereocenters. The summed E-state index contributed by atoms with van der Waals surface area (Å²) in [6.07, 6.45) is 4.78. The third-order valence-corrected chi connectivity index (χ3v) is 3.55. The van der Waals surface area contributed by atoms with E-state index in [0.29, 0.717) is 5.82 Å². The summed E-state index contributed by atoms with van der Waals surface area (Å²) in [6.45, 7) is 1.95. The lowest BCUT2D eigenvalue weighted by Crippen LogP contribution is -2.52. The molecule has 1 aromatic rings. The Balaban J connectivity index is 0.00000162. The molecule has 1 saturated carbocycles. The number of carbonyl (C=O) groups is 1. The van der Waals surface area contributed by atoms with Crippen molar-refractivity contribution in [2.75, 3.05) is 5.32 Å². The number of aromatic nitrogens is 2. The van der Waals surface area contributed by atoms with E-state index in [9.17, 15) is 4.79 Å². The Kier molecular flexibility index (Phi) is 4.76. The van der Waals surface area contributed by atoms with Crippen molar-refractivity contribution < 1.29 is 4.79 Å². The van der Waals surface area contributed by atoms with Crippen LogP contribution >= 0.6 is 12.4 Å². The number of nitrogens with zero attached hydrogens (tertiary/aromatic N) is 2. The Morgan fingerprint density at radius 3 is 2.56 bits per heavy atom. The van der Waals surface area contributed by atoms with Gasteiger partial charge in [0.15, 0.2) is 5.82 Å². The Bertz CT molecular complexity index is 404. The first-order chi connectivity index (χ1) is 8.01. The van der Waals surface area contributed by atoms with E-state index in [1.165, 1.54) is 6.42 Å². The number of rotatable bonds is 2. The molecule has 0 saturated heterocycles. The van der Waals surface area contributed by atoms with Gasteiger partial charge in [-0.2, -0.15) is 5.10 Å². The van der Waals surface area contributed by atoms with Crippen LogP contribution < -0.4 is 11.1 Å². The van der Waals surface area contributed by atoms with Crippen LogP contribution in [0, 0.1) is 6.92 Å². The first-order valence-electron chi connectivity index (χ1n) is 6.12. The van der Waals surface area contributed by atoms with Crippen molar-refractivity contribution in [3.8, 4) is 0 Å². The van der Waals surface area contributed by atoms with Crippen LogP contribution in [0.1, 0.15) is 37.8 Å². The van der Waals surface area contributed by atoms with Gasteiger partial charge in [0.25, 0.3) is 0 Å². The van der Waals surface area contributed by atoms with Crippen molar-refractivity contribution in [2.45, 2.75) is 44.6 Å².